The minimum Gasteiger partial charge on any atom is -0.508 e. The van der Waals surface area contributed by atoms with E-state index in [1.54, 1.807) is 30.3 Å². The summed E-state index contributed by atoms with van der Waals surface area (Å²) in [5, 5.41) is 14.0. The molecule has 4 amide bonds. The molecule has 4 aliphatic rings. The number of morpholine rings is 1. The molecular formula is C60H59N5O6. The number of fused-ring (bicyclic) bond motifs is 3. The van der Waals surface area contributed by atoms with Crippen LogP contribution in [0.5, 0.6) is 5.75 Å². The van der Waals surface area contributed by atoms with E-state index in [0.717, 1.165) is 54.4 Å². The molecule has 0 radical (unpaired) electrons. The number of benzene rings is 6. The second-order valence-corrected chi connectivity index (χ2v) is 19.4. The van der Waals surface area contributed by atoms with Gasteiger partial charge in [0.05, 0.1) is 36.3 Å². The molecule has 10 rings (SSSR count). The predicted octanol–water partition coefficient (Wildman–Crippen LogP) is 9.80. The maximum Gasteiger partial charge on any atom is 0.329 e. The summed E-state index contributed by atoms with van der Waals surface area (Å²) in [5.41, 5.74) is 3.53. The summed E-state index contributed by atoms with van der Waals surface area (Å²) in [6.45, 7) is 3.90. The SMILES string of the molecule is C[C@@H](NC(=O)N1C(=O)[C@@]2(c3cc(C#CCN(C)Cc4ccccc4)ccc31)[C@H](C(=O)N1CCCCCCC1)[C@H]1C(=O)O[C@H](c3ccccc3)[C@H](c3ccccc3)N1[C@@H]2c1ccc(O)cc1)c1ccccc1. The molecule has 1 spiro atoms. The third-order valence-corrected chi connectivity index (χ3v) is 14.8. The zero-order chi connectivity index (χ0) is 49.1. The van der Waals surface area contributed by atoms with E-state index in [1.165, 1.54) is 4.90 Å². The number of esters is 1. The van der Waals surface area contributed by atoms with Gasteiger partial charge in [-0.2, -0.15) is 0 Å². The first-order valence-corrected chi connectivity index (χ1v) is 24.9. The van der Waals surface area contributed by atoms with Gasteiger partial charge < -0.3 is 20.1 Å². The molecule has 6 aromatic carbocycles. The number of urea groups is 1. The smallest absolute Gasteiger partial charge is 0.329 e. The maximum atomic E-state index is 16.8. The van der Waals surface area contributed by atoms with Crippen molar-refractivity contribution in [1.82, 2.24) is 20.0 Å². The van der Waals surface area contributed by atoms with E-state index in [1.807, 2.05) is 145 Å². The summed E-state index contributed by atoms with van der Waals surface area (Å²) in [4.78, 5) is 71.0. The van der Waals surface area contributed by atoms with E-state index in [0.29, 0.717) is 48.6 Å². The fraction of sp³-hybridized carbons (Fsp3) is 0.300. The van der Waals surface area contributed by atoms with Crippen molar-refractivity contribution in [3.05, 3.63) is 203 Å². The Labute approximate surface area is 416 Å². The van der Waals surface area contributed by atoms with Gasteiger partial charge in [0.2, 0.25) is 11.8 Å². The quantitative estimate of drug-likeness (QED) is 0.109. The Kier molecular flexibility index (Phi) is 13.6. The number of amides is 4. The molecule has 11 heteroatoms. The zero-order valence-corrected chi connectivity index (χ0v) is 40.2. The monoisotopic (exact) mass is 945 g/mol. The Bertz CT molecular complexity index is 2940. The lowest BCUT2D eigenvalue weighted by atomic mass is 9.64. The number of hydrogen-bond acceptors (Lipinski definition) is 8. The summed E-state index contributed by atoms with van der Waals surface area (Å²) in [6.07, 6.45) is 3.62. The van der Waals surface area contributed by atoms with Crippen molar-refractivity contribution in [2.75, 3.05) is 31.6 Å². The van der Waals surface area contributed by atoms with Crippen LogP contribution in [0.4, 0.5) is 10.5 Å². The lowest BCUT2D eigenvalue weighted by Crippen LogP contribution is -2.57. The van der Waals surface area contributed by atoms with E-state index in [9.17, 15) is 5.11 Å². The average Bonchev–Trinajstić information content (AvgIpc) is 3.83. The number of carbonyl (C=O) groups excluding carboxylic acids is 4. The van der Waals surface area contributed by atoms with Gasteiger partial charge in [-0.1, -0.05) is 165 Å². The topological polar surface area (TPSA) is 123 Å². The van der Waals surface area contributed by atoms with Gasteiger partial charge in [-0.25, -0.2) is 9.69 Å². The highest BCUT2D eigenvalue weighted by Gasteiger charge is 2.76. The fourth-order valence-electron chi connectivity index (χ4n) is 11.6. The third-order valence-electron chi connectivity index (χ3n) is 14.8. The van der Waals surface area contributed by atoms with E-state index >= 15 is 19.2 Å². The number of anilines is 1. The molecule has 71 heavy (non-hydrogen) atoms. The van der Waals surface area contributed by atoms with Gasteiger partial charge in [0.15, 0.2) is 0 Å². The summed E-state index contributed by atoms with van der Waals surface area (Å²) in [6, 6.07) is 46.9. The number of carbonyl (C=O) groups is 4. The van der Waals surface area contributed by atoms with Crippen molar-refractivity contribution in [3.8, 4) is 17.6 Å². The van der Waals surface area contributed by atoms with E-state index < -0.39 is 59.5 Å². The molecule has 360 valence electrons. The van der Waals surface area contributed by atoms with Crippen LogP contribution in [0, 0.1) is 17.8 Å². The van der Waals surface area contributed by atoms with Crippen LogP contribution < -0.4 is 10.2 Å². The number of aromatic hydroxyl groups is 1. The molecule has 4 aliphatic heterocycles. The number of cyclic esters (lactones) is 1. The van der Waals surface area contributed by atoms with Gasteiger partial charge in [-0.05, 0) is 90.5 Å². The summed E-state index contributed by atoms with van der Waals surface area (Å²) >= 11 is 0. The number of nitrogens with one attached hydrogen (secondary N) is 1. The highest BCUT2D eigenvalue weighted by atomic mass is 16.6. The molecule has 6 aromatic rings. The molecular weight excluding hydrogens is 887 g/mol. The van der Waals surface area contributed by atoms with E-state index in [-0.39, 0.29) is 11.7 Å². The Morgan fingerprint density at radius 2 is 1.35 bits per heavy atom. The molecule has 0 unspecified atom stereocenters. The number of rotatable bonds is 9. The minimum atomic E-state index is -1.91. The van der Waals surface area contributed by atoms with Crippen molar-refractivity contribution in [2.45, 2.75) is 81.3 Å². The molecule has 0 aromatic heterocycles. The van der Waals surface area contributed by atoms with Crippen LogP contribution in [0.15, 0.2) is 164 Å². The minimum absolute atomic E-state index is 0.00859. The predicted molar refractivity (Wildman–Crippen MR) is 273 cm³/mol. The Morgan fingerprint density at radius 1 is 0.746 bits per heavy atom. The number of phenolic OH excluding ortho intramolecular Hbond substituents is 1. The van der Waals surface area contributed by atoms with Gasteiger partial charge in [-0.15, -0.1) is 0 Å². The Balaban J connectivity index is 1.21. The number of nitrogens with zero attached hydrogens (tertiary/aromatic N) is 4. The first-order valence-electron chi connectivity index (χ1n) is 24.9. The summed E-state index contributed by atoms with van der Waals surface area (Å²) in [7, 11) is 2.01. The second kappa shape index (κ2) is 20.4. The number of imide groups is 1. The number of likely N-dealkylation sites (tertiary alicyclic amines) is 1. The second-order valence-electron chi connectivity index (χ2n) is 19.4. The molecule has 2 N–H and O–H groups in total. The molecule has 7 atom stereocenters. The van der Waals surface area contributed by atoms with Gasteiger partial charge in [0.1, 0.15) is 23.3 Å². The molecule has 3 fully saturated rings. The molecule has 4 heterocycles. The van der Waals surface area contributed by atoms with Crippen molar-refractivity contribution in [2.24, 2.45) is 5.92 Å². The summed E-state index contributed by atoms with van der Waals surface area (Å²) in [5.74, 6) is 3.75. The van der Waals surface area contributed by atoms with E-state index in [2.05, 4.69) is 34.2 Å². The first-order chi connectivity index (χ1) is 34.6. The van der Waals surface area contributed by atoms with Crippen molar-refractivity contribution < 1.29 is 29.0 Å². The van der Waals surface area contributed by atoms with Crippen molar-refractivity contribution >= 4 is 29.5 Å². The highest BCUT2D eigenvalue weighted by molar-refractivity contribution is 6.24. The van der Waals surface area contributed by atoms with Gasteiger partial charge in [-0.3, -0.25) is 24.2 Å². The maximum absolute atomic E-state index is 16.8. The van der Waals surface area contributed by atoms with Gasteiger partial charge in [0.25, 0.3) is 0 Å². The highest BCUT2D eigenvalue weighted by Crippen LogP contribution is 2.66. The van der Waals surface area contributed by atoms with Crippen LogP contribution in [0.2, 0.25) is 0 Å². The average molecular weight is 946 g/mol. The van der Waals surface area contributed by atoms with Gasteiger partial charge >= 0.3 is 12.0 Å². The Hall–Kier alpha value is -7.52. The number of phenols is 1. The van der Waals surface area contributed by atoms with E-state index in [4.69, 9.17) is 4.74 Å². The first kappa shape index (κ1) is 47.2. The van der Waals surface area contributed by atoms with Crippen LogP contribution in [0.25, 0.3) is 0 Å². The lowest BCUT2D eigenvalue weighted by molar-refractivity contribution is -0.179. The zero-order valence-electron chi connectivity index (χ0n) is 40.2. The molecule has 0 bridgehead atoms. The standard InChI is InChI=1S/C60H59N5O6/c1-41(44-24-12-7-13-25-44)61-59(70)64-50-35-30-42(23-20-36-62(2)40-43-21-10-6-11-22-43)39-49(50)60(58(64)69)51(56(67)63-37-18-4-3-5-19-38-63)53-57(68)71-54(46-28-16-9-17-29-46)52(45-26-14-8-15-27-45)65(53)55(60)47-31-33-48(66)34-32-47/h6-17,21-22,24-35,39,41,51-55,66H,3-5,18-19,36-38,40H2,1-2H3,(H,61,70)/t41-,51+,52+,53+,54-,55-,60+/m1/s1. The van der Waals surface area contributed by atoms with Crippen LogP contribution in [0.3, 0.4) is 0 Å². The molecule has 0 aliphatic carbocycles. The molecule has 0 saturated carbocycles. The third kappa shape index (κ3) is 8.99. The molecule has 3 saturated heterocycles. The molecule has 11 nitrogen and oxygen atoms in total. The van der Waals surface area contributed by atoms with Crippen LogP contribution in [-0.4, -0.2) is 76.3 Å². The normalized spacial score (nSPS) is 23.5. The van der Waals surface area contributed by atoms with Crippen molar-refractivity contribution in [3.63, 3.8) is 0 Å². The Morgan fingerprint density at radius 3 is 2.01 bits per heavy atom. The lowest BCUT2D eigenvalue weighted by Gasteiger charge is -2.46. The summed E-state index contributed by atoms with van der Waals surface area (Å²) < 4.78 is 6.69. The number of hydrogen-bond donors (Lipinski definition) is 2. The van der Waals surface area contributed by atoms with Crippen LogP contribution in [0.1, 0.15) is 102 Å². The van der Waals surface area contributed by atoms with Crippen LogP contribution >= 0.6 is 0 Å². The van der Waals surface area contributed by atoms with Crippen LogP contribution in [-0.2, 0) is 31.1 Å². The van der Waals surface area contributed by atoms with Crippen molar-refractivity contribution in [1.29, 1.82) is 0 Å². The fourth-order valence-corrected chi connectivity index (χ4v) is 11.6. The largest absolute Gasteiger partial charge is 0.508 e. The van der Waals surface area contributed by atoms with Gasteiger partial charge in [0, 0.05) is 25.2 Å². The number of ether oxygens (including phenoxy) is 1.